The molecule has 1 aromatic carbocycles. The monoisotopic (exact) mass is 322 g/mol. The zero-order valence-electron chi connectivity index (χ0n) is 11.3. The smallest absolute Gasteiger partial charge is 0.232 e. The quantitative estimate of drug-likeness (QED) is 0.571. The van der Waals surface area contributed by atoms with Crippen molar-refractivity contribution >= 4 is 15.7 Å². The first-order valence-electron chi connectivity index (χ1n) is 6.76. The molecule has 0 amide bonds. The average molecular weight is 322 g/mol. The van der Waals surface area contributed by atoms with Gasteiger partial charge in [-0.15, -0.1) is 0 Å². The minimum absolute atomic E-state index is 0.153. The van der Waals surface area contributed by atoms with Crippen LogP contribution in [0.15, 0.2) is 12.1 Å². The maximum absolute atomic E-state index is 13.0. The van der Waals surface area contributed by atoms with Crippen LogP contribution in [-0.4, -0.2) is 26.8 Å². The van der Waals surface area contributed by atoms with E-state index in [2.05, 4.69) is 5.32 Å². The molecule has 0 radical (unpaired) electrons. The Morgan fingerprint density at radius 1 is 1.10 bits per heavy atom. The number of benzene rings is 1. The van der Waals surface area contributed by atoms with Crippen molar-refractivity contribution in [2.75, 3.05) is 17.0 Å². The predicted octanol–water partition coefficient (Wildman–Crippen LogP) is 2.38. The summed E-state index contributed by atoms with van der Waals surface area (Å²) in [4.78, 5) is 0. The summed E-state index contributed by atoms with van der Waals surface area (Å²) < 4.78 is 64.3. The zero-order valence-corrected chi connectivity index (χ0v) is 12.1. The third kappa shape index (κ3) is 5.20. The van der Waals surface area contributed by atoms with Gasteiger partial charge in [-0.25, -0.2) is 21.6 Å². The van der Waals surface area contributed by atoms with E-state index in [-0.39, 0.29) is 11.4 Å². The van der Waals surface area contributed by atoms with Gasteiger partial charge in [0.1, 0.15) is 0 Å². The number of hydrogen-bond acceptors (Lipinski definition) is 3. The lowest BCUT2D eigenvalue weighted by Crippen LogP contribution is -2.20. The van der Waals surface area contributed by atoms with Crippen molar-refractivity contribution < 1.29 is 21.6 Å². The molecule has 1 fully saturated rings. The van der Waals surface area contributed by atoms with E-state index in [9.17, 15) is 21.6 Å². The van der Waals surface area contributed by atoms with Gasteiger partial charge in [-0.05, 0) is 32.2 Å². The molecule has 2 rings (SSSR count). The van der Waals surface area contributed by atoms with Crippen molar-refractivity contribution in [2.24, 2.45) is 0 Å². The van der Waals surface area contributed by atoms with E-state index in [4.69, 9.17) is 0 Å². The number of anilines is 1. The summed E-state index contributed by atoms with van der Waals surface area (Å²) in [6.45, 7) is 0.750. The summed E-state index contributed by atoms with van der Waals surface area (Å²) in [6.07, 6.45) is 3.47. The number of unbranched alkanes of at least 4 members (excludes halogenated alkanes) is 1. The van der Waals surface area contributed by atoms with E-state index in [1.807, 2.05) is 4.72 Å². The number of nitrogens with one attached hydrogen (secondary N) is 2. The molecule has 0 unspecified atom stereocenters. The van der Waals surface area contributed by atoms with Gasteiger partial charge in [0.2, 0.25) is 10.0 Å². The number of halogens is 3. The Morgan fingerprint density at radius 2 is 1.71 bits per heavy atom. The van der Waals surface area contributed by atoms with Crippen molar-refractivity contribution in [3.63, 3.8) is 0 Å². The molecular formula is C13H17F3N2O2S. The predicted molar refractivity (Wildman–Crippen MR) is 74.0 cm³/mol. The maximum atomic E-state index is 13.0. The van der Waals surface area contributed by atoms with E-state index in [1.165, 1.54) is 12.8 Å². The molecule has 2 N–H and O–H groups in total. The van der Waals surface area contributed by atoms with Crippen molar-refractivity contribution in [1.82, 2.24) is 5.32 Å². The minimum Gasteiger partial charge on any atom is -0.314 e. The first-order valence-corrected chi connectivity index (χ1v) is 8.41. The van der Waals surface area contributed by atoms with E-state index in [0.717, 1.165) is 6.54 Å². The van der Waals surface area contributed by atoms with Crippen molar-refractivity contribution in [2.45, 2.75) is 31.7 Å². The van der Waals surface area contributed by atoms with Crippen LogP contribution in [0.2, 0.25) is 0 Å². The Labute approximate surface area is 121 Å². The Bertz CT molecular complexity index is 580. The fourth-order valence-corrected chi connectivity index (χ4v) is 3.02. The largest absolute Gasteiger partial charge is 0.314 e. The van der Waals surface area contributed by atoms with E-state index in [1.54, 1.807) is 0 Å². The van der Waals surface area contributed by atoms with Crippen LogP contribution >= 0.6 is 0 Å². The van der Waals surface area contributed by atoms with E-state index < -0.39 is 27.5 Å². The van der Waals surface area contributed by atoms with Crippen LogP contribution in [-0.2, 0) is 10.0 Å². The van der Waals surface area contributed by atoms with Crippen LogP contribution in [0, 0.1) is 17.5 Å². The normalized spacial score (nSPS) is 15.2. The van der Waals surface area contributed by atoms with Gasteiger partial charge in [0.15, 0.2) is 17.5 Å². The molecule has 1 aromatic rings. The molecule has 118 valence electrons. The average Bonchev–Trinajstić information content (AvgIpc) is 3.19. The molecule has 8 heteroatoms. The highest BCUT2D eigenvalue weighted by molar-refractivity contribution is 7.92. The summed E-state index contributed by atoms with van der Waals surface area (Å²) in [6, 6.07) is 1.81. The summed E-state index contributed by atoms with van der Waals surface area (Å²) in [7, 11) is -3.70. The molecule has 1 saturated carbocycles. The van der Waals surface area contributed by atoms with Gasteiger partial charge < -0.3 is 5.32 Å². The third-order valence-corrected chi connectivity index (χ3v) is 4.48. The van der Waals surface area contributed by atoms with Gasteiger partial charge in [-0.2, -0.15) is 0 Å². The van der Waals surface area contributed by atoms with Gasteiger partial charge in [-0.1, -0.05) is 0 Å². The Kier molecular flexibility index (Phi) is 5.10. The second-order valence-electron chi connectivity index (χ2n) is 5.11. The minimum atomic E-state index is -3.70. The molecule has 1 aliphatic carbocycles. The summed E-state index contributed by atoms with van der Waals surface area (Å²) >= 11 is 0. The van der Waals surface area contributed by atoms with Crippen LogP contribution < -0.4 is 10.0 Å². The van der Waals surface area contributed by atoms with Crippen LogP contribution in [0.1, 0.15) is 25.7 Å². The zero-order chi connectivity index (χ0) is 15.5. The van der Waals surface area contributed by atoms with Gasteiger partial charge in [-0.3, -0.25) is 4.72 Å². The van der Waals surface area contributed by atoms with Gasteiger partial charge >= 0.3 is 0 Å². The molecule has 21 heavy (non-hydrogen) atoms. The molecule has 0 saturated heterocycles. The number of rotatable bonds is 8. The molecule has 0 spiro atoms. The molecule has 4 nitrogen and oxygen atoms in total. The fourth-order valence-electron chi connectivity index (χ4n) is 1.86. The molecule has 1 aliphatic rings. The highest BCUT2D eigenvalue weighted by Crippen LogP contribution is 2.19. The van der Waals surface area contributed by atoms with Gasteiger partial charge in [0, 0.05) is 18.2 Å². The third-order valence-electron chi connectivity index (χ3n) is 3.11. The molecule has 0 heterocycles. The Balaban J connectivity index is 1.82. The Morgan fingerprint density at radius 3 is 2.29 bits per heavy atom. The summed E-state index contributed by atoms with van der Waals surface area (Å²) in [5.41, 5.74) is -0.317. The molecule has 0 aromatic heterocycles. The van der Waals surface area contributed by atoms with Crippen LogP contribution in [0.5, 0.6) is 0 Å². The van der Waals surface area contributed by atoms with Crippen molar-refractivity contribution in [3.8, 4) is 0 Å². The van der Waals surface area contributed by atoms with Crippen LogP contribution in [0.4, 0.5) is 18.9 Å². The maximum Gasteiger partial charge on any atom is 0.232 e. The van der Waals surface area contributed by atoms with Gasteiger partial charge in [0.25, 0.3) is 0 Å². The second-order valence-corrected chi connectivity index (χ2v) is 6.95. The number of hydrogen-bond donors (Lipinski definition) is 2. The first-order chi connectivity index (χ1) is 9.87. The molecule has 0 atom stereocenters. The van der Waals surface area contributed by atoms with Crippen molar-refractivity contribution in [1.29, 1.82) is 0 Å². The van der Waals surface area contributed by atoms with Crippen molar-refractivity contribution in [3.05, 3.63) is 29.6 Å². The second kappa shape index (κ2) is 6.65. The van der Waals surface area contributed by atoms with Crippen LogP contribution in [0.3, 0.4) is 0 Å². The lowest BCUT2D eigenvalue weighted by Gasteiger charge is -2.09. The summed E-state index contributed by atoms with van der Waals surface area (Å²) in [5.74, 6) is -4.63. The molecule has 0 aliphatic heterocycles. The highest BCUT2D eigenvalue weighted by atomic mass is 32.2. The topological polar surface area (TPSA) is 58.2 Å². The van der Waals surface area contributed by atoms with Gasteiger partial charge in [0.05, 0.1) is 11.4 Å². The lowest BCUT2D eigenvalue weighted by atomic mass is 10.3. The number of sulfonamides is 1. The molecular weight excluding hydrogens is 305 g/mol. The summed E-state index contributed by atoms with van der Waals surface area (Å²) in [5, 5.41) is 3.26. The fraction of sp³-hybridized carbons (Fsp3) is 0.538. The van der Waals surface area contributed by atoms with Crippen LogP contribution in [0.25, 0.3) is 0 Å². The molecule has 0 bridgehead atoms. The highest BCUT2D eigenvalue weighted by Gasteiger charge is 2.20. The Hall–Kier alpha value is -1.28. The lowest BCUT2D eigenvalue weighted by molar-refractivity contribution is 0.448. The van der Waals surface area contributed by atoms with E-state index >= 15 is 0 Å². The first kappa shape index (κ1) is 16.1. The standard InChI is InChI=1S/C13H17F3N2O2S/c14-11-7-10(8-12(15)13(11)16)18-21(19,20)6-2-1-5-17-9-3-4-9/h7-9,17-18H,1-6H2. The SMILES string of the molecule is O=S(=O)(CCCCNC1CC1)Nc1cc(F)c(F)c(F)c1. The van der Waals surface area contributed by atoms with E-state index in [0.29, 0.717) is 31.0 Å².